The molecule has 1 saturated heterocycles. The van der Waals surface area contributed by atoms with Gasteiger partial charge in [-0.1, -0.05) is 0 Å². The Hall–Kier alpha value is -1.75. The first-order chi connectivity index (χ1) is 9.04. The van der Waals surface area contributed by atoms with E-state index >= 15 is 0 Å². The molecule has 0 aromatic heterocycles. The number of anilines is 1. The van der Waals surface area contributed by atoms with Crippen LogP contribution in [0.2, 0.25) is 0 Å². The number of methoxy groups -OCH3 is 1. The molecule has 1 aliphatic heterocycles. The number of amides is 1. The molecule has 1 amide bonds. The summed E-state index contributed by atoms with van der Waals surface area (Å²) in [7, 11) is 1.53. The first kappa shape index (κ1) is 13.7. The lowest BCUT2D eigenvalue weighted by Gasteiger charge is -2.34. The van der Waals surface area contributed by atoms with Gasteiger partial charge in [0.2, 0.25) is 0 Å². The summed E-state index contributed by atoms with van der Waals surface area (Å²) in [5.74, 6) is 0.410. The lowest BCUT2D eigenvalue weighted by Crippen LogP contribution is -2.49. The van der Waals surface area contributed by atoms with Crippen molar-refractivity contribution >= 4 is 11.6 Å². The van der Waals surface area contributed by atoms with Crippen LogP contribution in [0.3, 0.4) is 0 Å². The molecule has 0 spiro atoms. The van der Waals surface area contributed by atoms with Crippen molar-refractivity contribution in [1.82, 2.24) is 5.32 Å². The molecule has 1 aromatic carbocycles. The Labute approximate surface area is 113 Å². The smallest absolute Gasteiger partial charge is 0.251 e. The van der Waals surface area contributed by atoms with Crippen LogP contribution in [0.25, 0.3) is 0 Å². The van der Waals surface area contributed by atoms with Crippen LogP contribution in [0.5, 0.6) is 5.75 Å². The van der Waals surface area contributed by atoms with Crippen LogP contribution in [-0.2, 0) is 4.74 Å². The molecule has 0 bridgehead atoms. The van der Waals surface area contributed by atoms with E-state index in [0.717, 1.165) is 12.8 Å². The third-order valence-electron chi connectivity index (χ3n) is 3.51. The summed E-state index contributed by atoms with van der Waals surface area (Å²) in [6, 6.07) is 5.04. The normalized spacial score (nSPS) is 17.8. The van der Waals surface area contributed by atoms with Gasteiger partial charge in [0.15, 0.2) is 0 Å². The Bertz CT molecular complexity index is 468. The van der Waals surface area contributed by atoms with Crippen molar-refractivity contribution in [2.75, 3.05) is 26.1 Å². The quantitative estimate of drug-likeness (QED) is 0.813. The van der Waals surface area contributed by atoms with Gasteiger partial charge in [0.25, 0.3) is 5.91 Å². The molecule has 1 fully saturated rings. The number of carbonyl (C=O) groups is 1. The van der Waals surface area contributed by atoms with Gasteiger partial charge in [-0.15, -0.1) is 0 Å². The number of ether oxygens (including phenoxy) is 2. The minimum absolute atomic E-state index is 0.109. The molecule has 2 rings (SSSR count). The summed E-state index contributed by atoms with van der Waals surface area (Å²) in [6.07, 6.45) is 1.65. The molecule has 1 aliphatic rings. The highest BCUT2D eigenvalue weighted by Crippen LogP contribution is 2.24. The number of benzene rings is 1. The van der Waals surface area contributed by atoms with E-state index in [0.29, 0.717) is 30.2 Å². The molecule has 5 heteroatoms. The number of nitrogens with two attached hydrogens (primary N) is 1. The molecule has 1 heterocycles. The summed E-state index contributed by atoms with van der Waals surface area (Å²) in [6.45, 7) is 3.41. The average molecular weight is 264 g/mol. The number of nitrogens with one attached hydrogen (secondary N) is 1. The van der Waals surface area contributed by atoms with Crippen LogP contribution in [0.1, 0.15) is 30.1 Å². The second-order valence-corrected chi connectivity index (χ2v) is 5.08. The van der Waals surface area contributed by atoms with Gasteiger partial charge >= 0.3 is 0 Å². The summed E-state index contributed by atoms with van der Waals surface area (Å²) < 4.78 is 10.4. The lowest BCUT2D eigenvalue weighted by molar-refractivity contribution is 0.0423. The minimum atomic E-state index is -0.204. The SMILES string of the molecule is COc1cc(C(=O)NC2(C)CCOCC2)ccc1N. The Morgan fingerprint density at radius 2 is 2.11 bits per heavy atom. The Balaban J connectivity index is 2.11. The van der Waals surface area contributed by atoms with E-state index in [-0.39, 0.29) is 11.4 Å². The molecule has 0 saturated carbocycles. The fourth-order valence-corrected chi connectivity index (χ4v) is 2.15. The standard InChI is InChI=1S/C14H20N2O3/c1-14(5-7-19-8-6-14)16-13(17)10-3-4-11(15)12(9-10)18-2/h3-4,9H,5-8,15H2,1-2H3,(H,16,17). The second kappa shape index (κ2) is 5.48. The van der Waals surface area contributed by atoms with E-state index in [4.69, 9.17) is 15.2 Å². The van der Waals surface area contributed by atoms with Gasteiger partial charge in [-0.25, -0.2) is 0 Å². The van der Waals surface area contributed by atoms with Crippen LogP contribution in [-0.4, -0.2) is 31.8 Å². The highest BCUT2D eigenvalue weighted by atomic mass is 16.5. The topological polar surface area (TPSA) is 73.6 Å². The monoisotopic (exact) mass is 264 g/mol. The zero-order valence-electron chi connectivity index (χ0n) is 11.4. The molecule has 1 aromatic rings. The van der Waals surface area contributed by atoms with Crippen molar-refractivity contribution < 1.29 is 14.3 Å². The van der Waals surface area contributed by atoms with Crippen molar-refractivity contribution in [3.63, 3.8) is 0 Å². The predicted octanol–water partition coefficient (Wildman–Crippen LogP) is 1.58. The van der Waals surface area contributed by atoms with Crippen molar-refractivity contribution in [2.45, 2.75) is 25.3 Å². The van der Waals surface area contributed by atoms with E-state index in [2.05, 4.69) is 5.32 Å². The molecule has 0 unspecified atom stereocenters. The van der Waals surface area contributed by atoms with E-state index in [9.17, 15) is 4.79 Å². The highest BCUT2D eigenvalue weighted by Gasteiger charge is 2.29. The molecule has 0 radical (unpaired) electrons. The number of rotatable bonds is 3. The molecule has 19 heavy (non-hydrogen) atoms. The van der Waals surface area contributed by atoms with Crippen LogP contribution in [0.15, 0.2) is 18.2 Å². The maximum Gasteiger partial charge on any atom is 0.251 e. The van der Waals surface area contributed by atoms with Gasteiger partial charge in [-0.3, -0.25) is 4.79 Å². The van der Waals surface area contributed by atoms with Crippen molar-refractivity contribution in [3.05, 3.63) is 23.8 Å². The highest BCUT2D eigenvalue weighted by molar-refractivity contribution is 5.95. The van der Waals surface area contributed by atoms with Crippen LogP contribution >= 0.6 is 0 Å². The van der Waals surface area contributed by atoms with Crippen LogP contribution < -0.4 is 15.8 Å². The summed E-state index contributed by atoms with van der Waals surface area (Å²) >= 11 is 0. The van der Waals surface area contributed by atoms with Gasteiger partial charge in [-0.05, 0) is 38.0 Å². The first-order valence-electron chi connectivity index (χ1n) is 6.38. The average Bonchev–Trinajstić information content (AvgIpc) is 2.39. The van der Waals surface area contributed by atoms with Gasteiger partial charge in [0, 0.05) is 24.3 Å². The van der Waals surface area contributed by atoms with Crippen molar-refractivity contribution in [3.8, 4) is 5.75 Å². The summed E-state index contributed by atoms with van der Waals surface area (Å²) in [4.78, 5) is 12.2. The van der Waals surface area contributed by atoms with E-state index in [1.165, 1.54) is 7.11 Å². The fraction of sp³-hybridized carbons (Fsp3) is 0.500. The van der Waals surface area contributed by atoms with Gasteiger partial charge in [0.1, 0.15) is 5.75 Å². The fourth-order valence-electron chi connectivity index (χ4n) is 2.15. The number of carbonyl (C=O) groups excluding carboxylic acids is 1. The molecule has 0 aliphatic carbocycles. The van der Waals surface area contributed by atoms with Crippen molar-refractivity contribution in [2.24, 2.45) is 0 Å². The van der Waals surface area contributed by atoms with Crippen molar-refractivity contribution in [1.29, 1.82) is 0 Å². The number of nitrogen functional groups attached to an aromatic ring is 1. The number of hydrogen-bond donors (Lipinski definition) is 2. The molecule has 0 atom stereocenters. The predicted molar refractivity (Wildman–Crippen MR) is 73.3 cm³/mol. The van der Waals surface area contributed by atoms with Gasteiger partial charge < -0.3 is 20.5 Å². The molecular weight excluding hydrogens is 244 g/mol. The first-order valence-corrected chi connectivity index (χ1v) is 6.38. The maximum absolute atomic E-state index is 12.2. The molecule has 104 valence electrons. The Morgan fingerprint density at radius 3 is 2.74 bits per heavy atom. The summed E-state index contributed by atoms with van der Waals surface area (Å²) in [5.41, 5.74) is 6.61. The molecular formula is C14H20N2O3. The van der Waals surface area contributed by atoms with Gasteiger partial charge in [0.05, 0.1) is 12.8 Å². The molecule has 5 nitrogen and oxygen atoms in total. The zero-order valence-corrected chi connectivity index (χ0v) is 11.4. The summed E-state index contributed by atoms with van der Waals surface area (Å²) in [5, 5.41) is 3.07. The van der Waals surface area contributed by atoms with E-state index in [1.807, 2.05) is 6.92 Å². The van der Waals surface area contributed by atoms with Crippen LogP contribution in [0.4, 0.5) is 5.69 Å². The van der Waals surface area contributed by atoms with E-state index in [1.54, 1.807) is 18.2 Å². The second-order valence-electron chi connectivity index (χ2n) is 5.08. The lowest BCUT2D eigenvalue weighted by atomic mass is 9.92. The van der Waals surface area contributed by atoms with Gasteiger partial charge in [-0.2, -0.15) is 0 Å². The Kier molecular flexibility index (Phi) is 3.95. The number of hydrogen-bond acceptors (Lipinski definition) is 4. The molecule has 3 N–H and O–H groups in total. The zero-order chi connectivity index (χ0) is 13.9. The maximum atomic E-state index is 12.2. The van der Waals surface area contributed by atoms with Crippen LogP contribution in [0, 0.1) is 0 Å². The van der Waals surface area contributed by atoms with E-state index < -0.39 is 0 Å². The largest absolute Gasteiger partial charge is 0.495 e. The minimum Gasteiger partial charge on any atom is -0.495 e. The Morgan fingerprint density at radius 1 is 1.42 bits per heavy atom. The third-order valence-corrected chi connectivity index (χ3v) is 3.51. The third kappa shape index (κ3) is 3.17.